The highest BCUT2D eigenvalue weighted by Gasteiger charge is 2.39. The normalized spacial score (nSPS) is 21.8. The number of aliphatic hydroxyl groups is 2. The Bertz CT molecular complexity index is 1580. The van der Waals surface area contributed by atoms with Crippen LogP contribution < -0.4 is 10.1 Å². The number of nitrogens with zero attached hydrogens (tertiary/aromatic N) is 3. The Hall–Kier alpha value is -3.83. The van der Waals surface area contributed by atoms with E-state index < -0.39 is 6.10 Å². The van der Waals surface area contributed by atoms with Gasteiger partial charge in [-0.2, -0.15) is 0 Å². The van der Waals surface area contributed by atoms with Crippen LogP contribution in [0.3, 0.4) is 0 Å². The van der Waals surface area contributed by atoms with Crippen LogP contribution in [-0.2, 0) is 11.2 Å². The van der Waals surface area contributed by atoms with Crippen LogP contribution in [0.25, 0.3) is 0 Å². The van der Waals surface area contributed by atoms with Crippen molar-refractivity contribution in [1.29, 1.82) is 0 Å². The van der Waals surface area contributed by atoms with Gasteiger partial charge in [-0.15, -0.1) is 0 Å². The summed E-state index contributed by atoms with van der Waals surface area (Å²) in [6.07, 6.45) is 5.00. The minimum Gasteiger partial charge on any atom is -0.490 e. The quantitative estimate of drug-likeness (QED) is 0.282. The van der Waals surface area contributed by atoms with E-state index in [9.17, 15) is 24.6 Å². The third-order valence-electron chi connectivity index (χ3n) is 8.95. The molecule has 45 heavy (non-hydrogen) atoms. The Morgan fingerprint density at radius 2 is 1.89 bits per heavy atom. The Balaban J connectivity index is 1.14. The van der Waals surface area contributed by atoms with Crippen LogP contribution in [-0.4, -0.2) is 95.4 Å². The standard InChI is InChI=1S/C34H37ClN4O6/c1-20-26(35)4-2-7-31(20)45-19-23(41)17-36-27-5-3-6-30(42)32(27)29-15-22-14-24-25(16-28(22)37-29)34(44)39(33(24)43)18-21-8-10-38(11-9-21)12-13-40/h2-5,7,14,16,21,23,37,40-41H,6,8-13,15,17-19H2,1H3/t23-/m1/s1. The van der Waals surface area contributed by atoms with Gasteiger partial charge in [-0.05, 0) is 74.7 Å². The third-order valence-corrected chi connectivity index (χ3v) is 9.36. The lowest BCUT2D eigenvalue weighted by atomic mass is 9.94. The maximum atomic E-state index is 13.4. The Morgan fingerprint density at radius 3 is 2.64 bits per heavy atom. The van der Waals surface area contributed by atoms with Crippen molar-refractivity contribution in [3.8, 4) is 5.75 Å². The zero-order valence-electron chi connectivity index (χ0n) is 25.2. The molecule has 4 aliphatic rings. The summed E-state index contributed by atoms with van der Waals surface area (Å²) >= 11 is 6.16. The molecule has 0 saturated carbocycles. The first-order valence-corrected chi connectivity index (χ1v) is 15.8. The highest BCUT2D eigenvalue weighted by molar-refractivity contribution is 6.31. The van der Waals surface area contributed by atoms with Crippen LogP contribution in [0.1, 0.15) is 51.1 Å². The van der Waals surface area contributed by atoms with E-state index in [-0.39, 0.29) is 49.7 Å². The second-order valence-corrected chi connectivity index (χ2v) is 12.4. The van der Waals surface area contributed by atoms with Crippen molar-refractivity contribution in [2.24, 2.45) is 10.9 Å². The lowest BCUT2D eigenvalue weighted by molar-refractivity contribution is -0.114. The molecule has 0 unspecified atom stereocenters. The predicted octanol–water partition coefficient (Wildman–Crippen LogP) is 3.58. The molecular weight excluding hydrogens is 596 g/mol. The van der Waals surface area contributed by atoms with Gasteiger partial charge in [-0.25, -0.2) is 0 Å². The van der Waals surface area contributed by atoms with Crippen LogP contribution in [0.4, 0.5) is 5.69 Å². The van der Waals surface area contributed by atoms with Crippen molar-refractivity contribution in [1.82, 2.24) is 9.80 Å². The van der Waals surface area contributed by atoms with E-state index in [4.69, 9.17) is 16.3 Å². The van der Waals surface area contributed by atoms with E-state index in [2.05, 4.69) is 15.2 Å². The average Bonchev–Trinajstić information content (AvgIpc) is 3.54. The summed E-state index contributed by atoms with van der Waals surface area (Å²) in [4.78, 5) is 48.0. The molecule has 2 aromatic rings. The van der Waals surface area contributed by atoms with Crippen LogP contribution in [0.2, 0.25) is 5.02 Å². The molecule has 1 fully saturated rings. The fourth-order valence-electron chi connectivity index (χ4n) is 6.40. The van der Waals surface area contributed by atoms with E-state index >= 15 is 0 Å². The summed E-state index contributed by atoms with van der Waals surface area (Å²) in [6.45, 7) is 4.75. The van der Waals surface area contributed by atoms with Crippen molar-refractivity contribution in [2.75, 3.05) is 51.3 Å². The maximum Gasteiger partial charge on any atom is 0.261 e. The molecular formula is C34H37ClN4O6. The number of β-amino-alcohol motifs (C(OH)–C–C–N with tert-alkyl or cyclic N) is 1. The molecule has 2 aromatic carbocycles. The van der Waals surface area contributed by atoms with Gasteiger partial charge in [-0.3, -0.25) is 24.3 Å². The van der Waals surface area contributed by atoms with E-state index in [0.717, 1.165) is 37.1 Å². The number of rotatable bonds is 9. The van der Waals surface area contributed by atoms with E-state index in [0.29, 0.717) is 64.1 Å². The summed E-state index contributed by atoms with van der Waals surface area (Å²) in [5, 5.41) is 23.7. The molecule has 1 atom stereocenters. The third kappa shape index (κ3) is 6.46. The van der Waals surface area contributed by atoms with Crippen molar-refractivity contribution >= 4 is 40.6 Å². The van der Waals surface area contributed by atoms with Gasteiger partial charge in [0.05, 0.1) is 35.6 Å². The summed E-state index contributed by atoms with van der Waals surface area (Å²) in [5.74, 6) is 0.158. The SMILES string of the molecule is Cc1c(Cl)cccc1OC[C@H](O)CN=C1C=CCC(=O)C1=C1Cc2cc3c(cc2N1)C(=O)N(CC1CCN(CCO)CC1)C3=O. The number of ketones is 1. The summed E-state index contributed by atoms with van der Waals surface area (Å²) < 4.78 is 5.75. The topological polar surface area (TPSA) is 132 Å². The minimum absolute atomic E-state index is 0.0127. The summed E-state index contributed by atoms with van der Waals surface area (Å²) in [5.41, 5.74) is 4.66. The van der Waals surface area contributed by atoms with Gasteiger partial charge in [-0.1, -0.05) is 23.7 Å². The molecule has 11 heteroatoms. The van der Waals surface area contributed by atoms with Gasteiger partial charge in [0, 0.05) is 47.9 Å². The smallest absolute Gasteiger partial charge is 0.261 e. The number of fused-ring (bicyclic) bond motifs is 2. The number of aliphatic imine (C=N–C) groups is 1. The van der Waals surface area contributed by atoms with Crippen molar-refractivity contribution in [3.05, 3.63) is 81.0 Å². The molecule has 1 saturated heterocycles. The summed E-state index contributed by atoms with van der Waals surface area (Å²) in [7, 11) is 0. The number of carbonyl (C=O) groups excluding carboxylic acids is 3. The lowest BCUT2D eigenvalue weighted by Gasteiger charge is -2.32. The number of hydrogen-bond donors (Lipinski definition) is 3. The molecule has 0 aromatic heterocycles. The zero-order chi connectivity index (χ0) is 31.7. The van der Waals surface area contributed by atoms with Gasteiger partial charge in [0.25, 0.3) is 11.8 Å². The molecule has 3 heterocycles. The fourth-order valence-corrected chi connectivity index (χ4v) is 6.56. The van der Waals surface area contributed by atoms with E-state index in [1.54, 1.807) is 42.5 Å². The highest BCUT2D eigenvalue weighted by Crippen LogP contribution is 2.37. The monoisotopic (exact) mass is 632 g/mol. The second-order valence-electron chi connectivity index (χ2n) is 12.0. The first-order chi connectivity index (χ1) is 21.7. The lowest BCUT2D eigenvalue weighted by Crippen LogP contribution is -2.41. The number of benzene rings is 2. The number of aliphatic hydroxyl groups excluding tert-OH is 2. The number of carbonyl (C=O) groups is 3. The van der Waals surface area contributed by atoms with Crippen LogP contribution in [0.5, 0.6) is 5.75 Å². The van der Waals surface area contributed by atoms with E-state index in [1.165, 1.54) is 4.90 Å². The largest absolute Gasteiger partial charge is 0.490 e. The number of hydrogen-bond acceptors (Lipinski definition) is 9. The molecule has 3 aliphatic heterocycles. The molecule has 236 valence electrons. The molecule has 0 radical (unpaired) electrons. The number of nitrogens with one attached hydrogen (secondary N) is 1. The van der Waals surface area contributed by atoms with Crippen molar-refractivity contribution in [3.63, 3.8) is 0 Å². The zero-order valence-corrected chi connectivity index (χ0v) is 26.0. The Labute approximate surface area is 267 Å². The van der Waals surface area contributed by atoms with Gasteiger partial charge < -0.3 is 25.2 Å². The van der Waals surface area contributed by atoms with Gasteiger partial charge in [0.2, 0.25) is 0 Å². The predicted molar refractivity (Wildman–Crippen MR) is 171 cm³/mol. The number of ether oxygens (including phenoxy) is 1. The second kappa shape index (κ2) is 13.3. The molecule has 10 nitrogen and oxygen atoms in total. The van der Waals surface area contributed by atoms with Crippen LogP contribution in [0.15, 0.2) is 58.7 Å². The van der Waals surface area contributed by atoms with Crippen LogP contribution >= 0.6 is 11.6 Å². The minimum atomic E-state index is -0.905. The summed E-state index contributed by atoms with van der Waals surface area (Å²) in [6, 6.07) is 8.83. The van der Waals surface area contributed by atoms with Gasteiger partial charge >= 0.3 is 0 Å². The maximum absolute atomic E-state index is 13.4. The first kappa shape index (κ1) is 31.2. The first-order valence-electron chi connectivity index (χ1n) is 15.4. The molecule has 0 bridgehead atoms. The van der Waals surface area contributed by atoms with Crippen LogP contribution in [0, 0.1) is 12.8 Å². The number of amides is 2. The number of imide groups is 1. The number of halogens is 1. The number of Topliss-reactive ketones (excluding diaryl/α,β-unsaturated/α-hetero) is 1. The highest BCUT2D eigenvalue weighted by atomic mass is 35.5. The molecule has 3 N–H and O–H groups in total. The number of anilines is 1. The number of allylic oxidation sites excluding steroid dienone is 4. The average molecular weight is 633 g/mol. The molecule has 2 amide bonds. The number of piperidine rings is 1. The van der Waals surface area contributed by atoms with Gasteiger partial charge in [0.1, 0.15) is 18.5 Å². The van der Waals surface area contributed by atoms with Crippen molar-refractivity contribution in [2.45, 2.75) is 38.7 Å². The molecule has 1 aliphatic carbocycles. The Kier molecular flexibility index (Phi) is 9.18. The number of likely N-dealkylation sites (tertiary alicyclic amines) is 1. The van der Waals surface area contributed by atoms with Crippen molar-refractivity contribution < 1.29 is 29.3 Å². The fraction of sp³-hybridized carbons (Fsp3) is 0.412. The molecule has 6 rings (SSSR count). The van der Waals surface area contributed by atoms with E-state index in [1.807, 2.05) is 6.92 Å². The van der Waals surface area contributed by atoms with Gasteiger partial charge in [0.15, 0.2) is 5.78 Å². The Morgan fingerprint density at radius 1 is 1.13 bits per heavy atom. The molecule has 0 spiro atoms.